The Morgan fingerprint density at radius 2 is 2.11 bits per heavy atom. The summed E-state index contributed by atoms with van der Waals surface area (Å²) in [5.74, 6) is -1.06. The van der Waals surface area contributed by atoms with Gasteiger partial charge in [-0.05, 0) is 31.2 Å². The van der Waals surface area contributed by atoms with E-state index in [1.54, 1.807) is 12.1 Å². The number of aromatic carboxylic acids is 1. The quantitative estimate of drug-likeness (QED) is 0.879. The van der Waals surface area contributed by atoms with Crippen LogP contribution in [0, 0.1) is 0 Å². The summed E-state index contributed by atoms with van der Waals surface area (Å²) in [5, 5.41) is 12.1. The summed E-state index contributed by atoms with van der Waals surface area (Å²) in [6, 6.07) is 9.81. The maximum absolute atomic E-state index is 11.8. The largest absolute Gasteiger partial charge is 0.478 e. The summed E-state index contributed by atoms with van der Waals surface area (Å²) in [5.41, 5.74) is 1.33. The second kappa shape index (κ2) is 5.39. The molecule has 0 atom stereocenters. The van der Waals surface area contributed by atoms with Crippen molar-refractivity contribution in [2.24, 2.45) is 0 Å². The van der Waals surface area contributed by atoms with Crippen LogP contribution >= 0.6 is 0 Å². The highest BCUT2D eigenvalue weighted by Crippen LogP contribution is 2.13. The molecule has 2 aromatic rings. The standard InChI is InChI=1S/C14H14N2O3/c1-2-15-11-4-3-5-12(8-11)16-9-10(14(18)19)6-7-13(16)17/h3-9,15H,2H2,1H3,(H,18,19). The first kappa shape index (κ1) is 12.9. The van der Waals surface area contributed by atoms with Gasteiger partial charge >= 0.3 is 5.97 Å². The molecule has 0 bridgehead atoms. The summed E-state index contributed by atoms with van der Waals surface area (Å²) in [6.45, 7) is 2.75. The fraction of sp³-hybridized carbons (Fsp3) is 0.143. The molecule has 0 aliphatic heterocycles. The Labute approximate surface area is 110 Å². The molecule has 98 valence electrons. The van der Waals surface area contributed by atoms with Gasteiger partial charge in [-0.2, -0.15) is 0 Å². The zero-order valence-electron chi connectivity index (χ0n) is 10.5. The van der Waals surface area contributed by atoms with Gasteiger partial charge in [-0.3, -0.25) is 9.36 Å². The van der Waals surface area contributed by atoms with Crippen molar-refractivity contribution >= 4 is 11.7 Å². The van der Waals surface area contributed by atoms with Crippen LogP contribution in [0.25, 0.3) is 5.69 Å². The van der Waals surface area contributed by atoms with E-state index < -0.39 is 5.97 Å². The number of rotatable bonds is 4. The smallest absolute Gasteiger partial charge is 0.337 e. The van der Waals surface area contributed by atoms with Gasteiger partial charge in [-0.15, -0.1) is 0 Å². The number of nitrogens with one attached hydrogen (secondary N) is 1. The van der Waals surface area contributed by atoms with E-state index in [1.807, 2.05) is 19.1 Å². The second-order valence-corrected chi connectivity index (χ2v) is 4.01. The van der Waals surface area contributed by atoms with Gasteiger partial charge in [0.15, 0.2) is 0 Å². The Bertz CT molecular complexity index is 662. The Morgan fingerprint density at radius 1 is 1.32 bits per heavy atom. The predicted octanol–water partition coefficient (Wildman–Crippen LogP) is 1.97. The predicted molar refractivity (Wildman–Crippen MR) is 73.2 cm³/mol. The normalized spacial score (nSPS) is 10.2. The van der Waals surface area contributed by atoms with E-state index in [1.165, 1.54) is 22.9 Å². The molecule has 0 unspecified atom stereocenters. The second-order valence-electron chi connectivity index (χ2n) is 4.01. The molecule has 19 heavy (non-hydrogen) atoms. The molecule has 5 nitrogen and oxygen atoms in total. The summed E-state index contributed by atoms with van der Waals surface area (Å²) >= 11 is 0. The van der Waals surface area contributed by atoms with Gasteiger partial charge in [0, 0.05) is 24.5 Å². The summed E-state index contributed by atoms with van der Waals surface area (Å²) < 4.78 is 1.32. The number of nitrogens with zero attached hydrogens (tertiary/aromatic N) is 1. The molecule has 0 spiro atoms. The van der Waals surface area contributed by atoms with Crippen LogP contribution in [-0.4, -0.2) is 22.2 Å². The molecule has 0 saturated heterocycles. The van der Waals surface area contributed by atoms with Gasteiger partial charge in [-0.1, -0.05) is 6.07 Å². The monoisotopic (exact) mass is 258 g/mol. The fourth-order valence-corrected chi connectivity index (χ4v) is 1.79. The molecule has 1 aromatic carbocycles. The average molecular weight is 258 g/mol. The number of anilines is 1. The van der Waals surface area contributed by atoms with Crippen LogP contribution in [0.1, 0.15) is 17.3 Å². The number of carboxylic acids is 1. The van der Waals surface area contributed by atoms with E-state index in [9.17, 15) is 9.59 Å². The van der Waals surface area contributed by atoms with Crippen LogP contribution in [0.3, 0.4) is 0 Å². The van der Waals surface area contributed by atoms with Crippen LogP contribution < -0.4 is 10.9 Å². The molecule has 0 aliphatic carbocycles. The summed E-state index contributed by atoms with van der Waals surface area (Å²) in [7, 11) is 0. The molecule has 0 fully saturated rings. The van der Waals surface area contributed by atoms with Crippen LogP contribution in [0.4, 0.5) is 5.69 Å². The molecule has 0 amide bonds. The fourth-order valence-electron chi connectivity index (χ4n) is 1.79. The summed E-state index contributed by atoms with van der Waals surface area (Å²) in [6.07, 6.45) is 1.33. The third-order valence-electron chi connectivity index (χ3n) is 2.66. The van der Waals surface area contributed by atoms with Crippen LogP contribution in [0.15, 0.2) is 47.4 Å². The lowest BCUT2D eigenvalue weighted by Crippen LogP contribution is -2.18. The molecule has 5 heteroatoms. The Balaban J connectivity index is 2.51. The first-order valence-electron chi connectivity index (χ1n) is 5.92. The lowest BCUT2D eigenvalue weighted by atomic mass is 10.2. The minimum atomic E-state index is -1.06. The minimum Gasteiger partial charge on any atom is -0.478 e. The molecule has 1 heterocycles. The van der Waals surface area contributed by atoms with Gasteiger partial charge in [0.1, 0.15) is 0 Å². The first-order chi connectivity index (χ1) is 9.11. The first-order valence-corrected chi connectivity index (χ1v) is 5.92. The van der Waals surface area contributed by atoms with Crippen molar-refractivity contribution in [1.82, 2.24) is 4.57 Å². The van der Waals surface area contributed by atoms with E-state index in [0.717, 1.165) is 12.2 Å². The van der Waals surface area contributed by atoms with Crippen molar-refractivity contribution in [1.29, 1.82) is 0 Å². The maximum Gasteiger partial charge on any atom is 0.337 e. The Hall–Kier alpha value is -2.56. The van der Waals surface area contributed by atoms with Crippen molar-refractivity contribution in [3.05, 3.63) is 58.5 Å². The third kappa shape index (κ3) is 2.82. The lowest BCUT2D eigenvalue weighted by molar-refractivity contribution is 0.0696. The van der Waals surface area contributed by atoms with Crippen molar-refractivity contribution in [2.45, 2.75) is 6.92 Å². The zero-order chi connectivity index (χ0) is 13.8. The van der Waals surface area contributed by atoms with E-state index in [2.05, 4.69) is 5.32 Å². The molecular formula is C14H14N2O3. The van der Waals surface area contributed by atoms with Crippen molar-refractivity contribution < 1.29 is 9.90 Å². The van der Waals surface area contributed by atoms with Crippen LogP contribution in [0.5, 0.6) is 0 Å². The van der Waals surface area contributed by atoms with E-state index in [-0.39, 0.29) is 11.1 Å². The maximum atomic E-state index is 11.8. The number of aromatic nitrogens is 1. The zero-order valence-corrected chi connectivity index (χ0v) is 10.5. The molecule has 0 radical (unpaired) electrons. The van der Waals surface area contributed by atoms with Crippen molar-refractivity contribution in [2.75, 3.05) is 11.9 Å². The van der Waals surface area contributed by atoms with Gasteiger partial charge < -0.3 is 10.4 Å². The number of hydrogen-bond acceptors (Lipinski definition) is 3. The van der Waals surface area contributed by atoms with E-state index in [4.69, 9.17) is 5.11 Å². The van der Waals surface area contributed by atoms with E-state index >= 15 is 0 Å². The van der Waals surface area contributed by atoms with Gasteiger partial charge in [0.25, 0.3) is 5.56 Å². The molecule has 0 saturated carbocycles. The summed E-state index contributed by atoms with van der Waals surface area (Å²) in [4.78, 5) is 22.8. The number of carbonyl (C=O) groups is 1. The SMILES string of the molecule is CCNc1cccc(-n2cc(C(=O)O)ccc2=O)c1. The topological polar surface area (TPSA) is 71.3 Å². The number of carboxylic acid groups (broad SMARTS) is 1. The lowest BCUT2D eigenvalue weighted by Gasteiger charge is -2.09. The van der Waals surface area contributed by atoms with Crippen LogP contribution in [-0.2, 0) is 0 Å². The molecule has 2 N–H and O–H groups in total. The molecule has 0 aliphatic rings. The number of pyridine rings is 1. The average Bonchev–Trinajstić information content (AvgIpc) is 2.39. The molecule has 1 aromatic heterocycles. The van der Waals surface area contributed by atoms with Crippen molar-refractivity contribution in [3.63, 3.8) is 0 Å². The minimum absolute atomic E-state index is 0.0773. The molecular weight excluding hydrogens is 244 g/mol. The van der Waals surface area contributed by atoms with Crippen LogP contribution in [0.2, 0.25) is 0 Å². The highest BCUT2D eigenvalue weighted by atomic mass is 16.4. The Kier molecular flexibility index (Phi) is 3.66. The van der Waals surface area contributed by atoms with Gasteiger partial charge in [0.2, 0.25) is 0 Å². The third-order valence-corrected chi connectivity index (χ3v) is 2.66. The van der Waals surface area contributed by atoms with Crippen molar-refractivity contribution in [3.8, 4) is 5.69 Å². The van der Waals surface area contributed by atoms with E-state index in [0.29, 0.717) is 5.69 Å². The highest BCUT2D eigenvalue weighted by molar-refractivity contribution is 5.87. The molecule has 2 rings (SSSR count). The number of hydrogen-bond donors (Lipinski definition) is 2. The van der Waals surface area contributed by atoms with Gasteiger partial charge in [-0.25, -0.2) is 4.79 Å². The number of benzene rings is 1. The highest BCUT2D eigenvalue weighted by Gasteiger charge is 2.06. The Morgan fingerprint density at radius 3 is 2.79 bits per heavy atom. The van der Waals surface area contributed by atoms with Gasteiger partial charge in [0.05, 0.1) is 11.3 Å².